The fourth-order valence-electron chi connectivity index (χ4n) is 2.93. The van der Waals surface area contributed by atoms with E-state index in [0.717, 1.165) is 11.3 Å². The first-order valence-corrected chi connectivity index (χ1v) is 9.08. The second-order valence-electron chi connectivity index (χ2n) is 6.32. The largest absolute Gasteiger partial charge is 0.493 e. The zero-order valence-corrected chi connectivity index (χ0v) is 16.5. The summed E-state index contributed by atoms with van der Waals surface area (Å²) in [4.78, 5) is 18.6. The Labute approximate surface area is 164 Å². The predicted octanol–water partition coefficient (Wildman–Crippen LogP) is 3.51. The Morgan fingerprint density at radius 1 is 1.18 bits per heavy atom. The van der Waals surface area contributed by atoms with Crippen molar-refractivity contribution in [3.8, 4) is 17.2 Å². The van der Waals surface area contributed by atoms with Gasteiger partial charge in [0.1, 0.15) is 12.7 Å². The Hall–Kier alpha value is -3.35. The SMILES string of the molecule is CCOc1cc(C(=O)N(C)C(C)c2ccc(-n3cncn3)cc2)ccc1OC. The number of aromatic nitrogens is 3. The minimum Gasteiger partial charge on any atom is -0.493 e. The van der Waals surface area contributed by atoms with Gasteiger partial charge in [-0.05, 0) is 49.7 Å². The molecular formula is C21H24N4O3. The maximum absolute atomic E-state index is 13.0. The molecule has 0 radical (unpaired) electrons. The van der Waals surface area contributed by atoms with Gasteiger partial charge in [-0.2, -0.15) is 5.10 Å². The van der Waals surface area contributed by atoms with E-state index in [-0.39, 0.29) is 11.9 Å². The van der Waals surface area contributed by atoms with Gasteiger partial charge in [-0.1, -0.05) is 12.1 Å². The normalized spacial score (nSPS) is 11.7. The molecule has 3 rings (SSSR count). The number of carbonyl (C=O) groups excluding carboxylic acids is 1. The molecule has 1 unspecified atom stereocenters. The summed E-state index contributed by atoms with van der Waals surface area (Å²) in [5.74, 6) is 1.09. The van der Waals surface area contributed by atoms with E-state index in [1.165, 1.54) is 6.33 Å². The molecule has 0 spiro atoms. The third-order valence-corrected chi connectivity index (χ3v) is 4.67. The molecule has 0 aliphatic rings. The van der Waals surface area contributed by atoms with Crippen LogP contribution in [0.25, 0.3) is 5.69 Å². The first-order chi connectivity index (χ1) is 13.5. The predicted molar refractivity (Wildman–Crippen MR) is 106 cm³/mol. The molecule has 7 heteroatoms. The number of hydrogen-bond donors (Lipinski definition) is 0. The van der Waals surface area contributed by atoms with E-state index in [4.69, 9.17) is 9.47 Å². The minimum atomic E-state index is -0.102. The third kappa shape index (κ3) is 3.98. The van der Waals surface area contributed by atoms with Crippen LogP contribution in [0.1, 0.15) is 35.8 Å². The third-order valence-electron chi connectivity index (χ3n) is 4.67. The molecule has 3 aromatic rings. The van der Waals surface area contributed by atoms with Crippen molar-refractivity contribution in [2.45, 2.75) is 19.9 Å². The van der Waals surface area contributed by atoms with Crippen LogP contribution in [0, 0.1) is 0 Å². The van der Waals surface area contributed by atoms with Gasteiger partial charge >= 0.3 is 0 Å². The summed E-state index contributed by atoms with van der Waals surface area (Å²) in [6.45, 7) is 4.39. The van der Waals surface area contributed by atoms with Crippen LogP contribution in [0.15, 0.2) is 55.1 Å². The number of amides is 1. The van der Waals surface area contributed by atoms with E-state index < -0.39 is 0 Å². The van der Waals surface area contributed by atoms with Crippen molar-refractivity contribution in [2.75, 3.05) is 20.8 Å². The van der Waals surface area contributed by atoms with Gasteiger partial charge in [0.25, 0.3) is 5.91 Å². The minimum absolute atomic E-state index is 0.0866. The molecule has 2 aromatic carbocycles. The maximum Gasteiger partial charge on any atom is 0.254 e. The van der Waals surface area contributed by atoms with Gasteiger partial charge < -0.3 is 14.4 Å². The average Bonchev–Trinajstić information content (AvgIpc) is 3.27. The molecule has 28 heavy (non-hydrogen) atoms. The van der Waals surface area contributed by atoms with E-state index >= 15 is 0 Å². The fourth-order valence-corrected chi connectivity index (χ4v) is 2.93. The van der Waals surface area contributed by atoms with Crippen LogP contribution >= 0.6 is 0 Å². The number of ether oxygens (including phenoxy) is 2. The van der Waals surface area contributed by atoms with Crippen molar-refractivity contribution in [1.82, 2.24) is 19.7 Å². The molecule has 1 heterocycles. The van der Waals surface area contributed by atoms with Crippen LogP contribution in [0.4, 0.5) is 0 Å². The van der Waals surface area contributed by atoms with Crippen molar-refractivity contribution in [3.63, 3.8) is 0 Å². The molecule has 7 nitrogen and oxygen atoms in total. The van der Waals surface area contributed by atoms with Crippen LogP contribution in [-0.2, 0) is 0 Å². The van der Waals surface area contributed by atoms with E-state index in [0.29, 0.717) is 23.7 Å². The van der Waals surface area contributed by atoms with Crippen molar-refractivity contribution in [3.05, 3.63) is 66.2 Å². The lowest BCUT2D eigenvalue weighted by Gasteiger charge is -2.26. The van der Waals surface area contributed by atoms with E-state index in [1.807, 2.05) is 38.1 Å². The van der Waals surface area contributed by atoms with Gasteiger partial charge in [0.15, 0.2) is 11.5 Å². The molecule has 0 saturated carbocycles. The Morgan fingerprint density at radius 2 is 1.93 bits per heavy atom. The second-order valence-corrected chi connectivity index (χ2v) is 6.32. The van der Waals surface area contributed by atoms with Crippen molar-refractivity contribution in [1.29, 1.82) is 0 Å². The van der Waals surface area contributed by atoms with Gasteiger partial charge in [0.2, 0.25) is 0 Å². The second kappa shape index (κ2) is 8.56. The summed E-state index contributed by atoms with van der Waals surface area (Å²) in [6, 6.07) is 13.0. The highest BCUT2D eigenvalue weighted by atomic mass is 16.5. The molecule has 0 bridgehead atoms. The molecule has 0 N–H and O–H groups in total. The monoisotopic (exact) mass is 380 g/mol. The zero-order chi connectivity index (χ0) is 20.1. The zero-order valence-electron chi connectivity index (χ0n) is 16.5. The van der Waals surface area contributed by atoms with Crippen LogP contribution in [0.3, 0.4) is 0 Å². The smallest absolute Gasteiger partial charge is 0.254 e. The van der Waals surface area contributed by atoms with Crippen LogP contribution < -0.4 is 9.47 Å². The van der Waals surface area contributed by atoms with Crippen molar-refractivity contribution < 1.29 is 14.3 Å². The molecule has 146 valence electrons. The first kappa shape index (κ1) is 19.4. The maximum atomic E-state index is 13.0. The average molecular weight is 380 g/mol. The number of rotatable bonds is 7. The number of benzene rings is 2. The summed E-state index contributed by atoms with van der Waals surface area (Å²) in [6.07, 6.45) is 3.14. The lowest BCUT2D eigenvalue weighted by molar-refractivity contribution is 0.0742. The lowest BCUT2D eigenvalue weighted by Crippen LogP contribution is -2.29. The molecular weight excluding hydrogens is 356 g/mol. The number of carbonyl (C=O) groups is 1. The Morgan fingerprint density at radius 3 is 2.54 bits per heavy atom. The van der Waals surface area contributed by atoms with E-state index in [2.05, 4.69) is 10.1 Å². The first-order valence-electron chi connectivity index (χ1n) is 9.08. The van der Waals surface area contributed by atoms with Crippen LogP contribution in [0.2, 0.25) is 0 Å². The van der Waals surface area contributed by atoms with Crippen LogP contribution in [0.5, 0.6) is 11.5 Å². The number of methoxy groups -OCH3 is 1. The summed E-state index contributed by atoms with van der Waals surface area (Å²) in [5, 5.41) is 4.12. The molecule has 0 fully saturated rings. The molecule has 0 aliphatic carbocycles. The summed E-state index contributed by atoms with van der Waals surface area (Å²) in [5.41, 5.74) is 2.50. The highest BCUT2D eigenvalue weighted by Gasteiger charge is 2.20. The van der Waals surface area contributed by atoms with Crippen molar-refractivity contribution in [2.24, 2.45) is 0 Å². The number of hydrogen-bond acceptors (Lipinski definition) is 5. The lowest BCUT2D eigenvalue weighted by atomic mass is 10.1. The highest BCUT2D eigenvalue weighted by Crippen LogP contribution is 2.29. The van der Waals surface area contributed by atoms with Gasteiger partial charge in [-0.25, -0.2) is 9.67 Å². The van der Waals surface area contributed by atoms with Crippen LogP contribution in [-0.4, -0.2) is 46.3 Å². The van der Waals surface area contributed by atoms with E-state index in [1.54, 1.807) is 48.3 Å². The summed E-state index contributed by atoms with van der Waals surface area (Å²) >= 11 is 0. The van der Waals surface area contributed by atoms with Gasteiger partial charge in [0.05, 0.1) is 25.4 Å². The molecule has 1 amide bonds. The number of nitrogens with zero attached hydrogens (tertiary/aromatic N) is 4. The van der Waals surface area contributed by atoms with E-state index in [9.17, 15) is 4.79 Å². The Kier molecular flexibility index (Phi) is 5.93. The summed E-state index contributed by atoms with van der Waals surface area (Å²) < 4.78 is 12.6. The summed E-state index contributed by atoms with van der Waals surface area (Å²) in [7, 11) is 3.37. The van der Waals surface area contributed by atoms with Gasteiger partial charge in [0, 0.05) is 12.6 Å². The van der Waals surface area contributed by atoms with Gasteiger partial charge in [-0.15, -0.1) is 0 Å². The molecule has 0 saturated heterocycles. The standard InChI is InChI=1S/C21H24N4O3/c1-5-28-20-12-17(8-11-19(20)27-4)21(26)24(3)15(2)16-6-9-18(10-7-16)25-14-22-13-23-25/h6-15H,5H2,1-4H3. The molecule has 0 aliphatic heterocycles. The highest BCUT2D eigenvalue weighted by molar-refractivity contribution is 5.95. The Bertz CT molecular complexity index is 923. The molecule has 1 aromatic heterocycles. The van der Waals surface area contributed by atoms with Crippen molar-refractivity contribution >= 4 is 5.91 Å². The molecule has 1 atom stereocenters. The quantitative estimate of drug-likeness (QED) is 0.627. The van der Waals surface area contributed by atoms with Gasteiger partial charge in [-0.3, -0.25) is 4.79 Å². The Balaban J connectivity index is 1.78. The fraction of sp³-hybridized carbons (Fsp3) is 0.286. The topological polar surface area (TPSA) is 69.5 Å².